The Balaban J connectivity index is 1.16. The molecule has 1 aliphatic heterocycles. The molecule has 0 saturated carbocycles. The molecule has 0 unspecified atom stereocenters. The number of amides is 1. The van der Waals surface area contributed by atoms with Crippen molar-refractivity contribution in [3.63, 3.8) is 0 Å². The van der Waals surface area contributed by atoms with Crippen LogP contribution in [-0.4, -0.2) is 81.3 Å². The van der Waals surface area contributed by atoms with E-state index in [-0.39, 0.29) is 11.7 Å². The fraction of sp³-hybridized carbons (Fsp3) is 0.286. The first kappa shape index (κ1) is 30.5. The van der Waals surface area contributed by atoms with Crippen LogP contribution in [0.2, 0.25) is 0 Å². The molecule has 47 heavy (non-hydrogen) atoms. The zero-order valence-electron chi connectivity index (χ0n) is 26.3. The zero-order chi connectivity index (χ0) is 32.3. The van der Waals surface area contributed by atoms with Crippen molar-refractivity contribution in [1.82, 2.24) is 40.3 Å². The molecule has 0 bridgehead atoms. The number of anilines is 1. The summed E-state index contributed by atoms with van der Waals surface area (Å²) in [6.45, 7) is 3.08. The van der Waals surface area contributed by atoms with Crippen molar-refractivity contribution in [2.24, 2.45) is 5.92 Å². The molecule has 1 aliphatic rings. The lowest BCUT2D eigenvalue weighted by Crippen LogP contribution is -2.30. The number of piperidine rings is 1. The number of aromatic amines is 2. The number of halogens is 1. The molecule has 0 radical (unpaired) electrons. The maximum atomic E-state index is 14.7. The summed E-state index contributed by atoms with van der Waals surface area (Å²) in [6, 6.07) is 10.6. The van der Waals surface area contributed by atoms with Crippen LogP contribution < -0.4 is 15.4 Å². The smallest absolute Gasteiger partial charge is 0.224 e. The predicted molar refractivity (Wildman–Crippen MR) is 180 cm³/mol. The number of ether oxygens (including phenoxy) is 1. The Morgan fingerprint density at radius 3 is 2.64 bits per heavy atom. The highest BCUT2D eigenvalue weighted by Crippen LogP contribution is 2.36. The number of carbonyl (C=O) groups is 1. The summed E-state index contributed by atoms with van der Waals surface area (Å²) in [4.78, 5) is 31.6. The Hall–Kier alpha value is -5.20. The molecule has 1 saturated heterocycles. The SMILES string of the molecule is CN(C)CCOc1cc(F)cc(-c2cncc3[nH]c(-c4n[nH]c5ncc(-c6cncc(NC(=O)CC7CCNCC7)c6)cc45)cc23)c1. The van der Waals surface area contributed by atoms with E-state index in [1.165, 1.54) is 12.1 Å². The molecule has 12 heteroatoms. The van der Waals surface area contributed by atoms with Gasteiger partial charge in [-0.25, -0.2) is 9.37 Å². The van der Waals surface area contributed by atoms with Crippen molar-refractivity contribution in [3.05, 3.63) is 73.2 Å². The summed E-state index contributed by atoms with van der Waals surface area (Å²) < 4.78 is 20.5. The topological polar surface area (TPSA) is 137 Å². The van der Waals surface area contributed by atoms with Gasteiger partial charge in [0, 0.05) is 65.1 Å². The van der Waals surface area contributed by atoms with Gasteiger partial charge in [0.25, 0.3) is 0 Å². The van der Waals surface area contributed by atoms with E-state index in [0.717, 1.165) is 71.1 Å². The standard InChI is InChI=1S/C35H36FN9O2/c1-45(2)7-8-47-27-12-22(10-25(36)14-27)30-19-39-20-32-28(30)15-31(42-32)34-29-13-24(17-40-35(29)44-43-34)23-11-26(18-38-16-23)41-33(46)9-21-3-5-37-6-4-21/h10-21,37,42H,3-9H2,1-2H3,(H,41,46)(H,40,43,44). The number of nitrogens with one attached hydrogen (secondary N) is 4. The molecule has 6 heterocycles. The fourth-order valence-corrected chi connectivity index (χ4v) is 6.05. The largest absolute Gasteiger partial charge is 0.492 e. The van der Waals surface area contributed by atoms with Gasteiger partial charge in [-0.05, 0) is 81.8 Å². The van der Waals surface area contributed by atoms with E-state index < -0.39 is 0 Å². The lowest BCUT2D eigenvalue weighted by molar-refractivity contribution is -0.117. The Kier molecular flexibility index (Phi) is 8.60. The zero-order valence-corrected chi connectivity index (χ0v) is 26.3. The highest BCUT2D eigenvalue weighted by Gasteiger charge is 2.18. The van der Waals surface area contributed by atoms with Crippen LogP contribution in [0, 0.1) is 11.7 Å². The van der Waals surface area contributed by atoms with E-state index in [2.05, 4.69) is 40.8 Å². The Morgan fingerprint density at radius 1 is 0.957 bits per heavy atom. The number of carbonyl (C=O) groups excluding carboxylic acids is 1. The lowest BCUT2D eigenvalue weighted by atomic mass is 9.94. The van der Waals surface area contributed by atoms with Crippen molar-refractivity contribution >= 4 is 33.5 Å². The van der Waals surface area contributed by atoms with Crippen molar-refractivity contribution in [3.8, 4) is 39.4 Å². The number of nitrogens with zero attached hydrogens (tertiary/aromatic N) is 5. The van der Waals surface area contributed by atoms with Crippen LogP contribution in [0.25, 0.3) is 55.6 Å². The minimum atomic E-state index is -0.382. The average Bonchev–Trinajstić information content (AvgIpc) is 3.69. The summed E-state index contributed by atoms with van der Waals surface area (Å²) in [5.41, 5.74) is 6.60. The van der Waals surface area contributed by atoms with Gasteiger partial charge in [-0.15, -0.1) is 0 Å². The molecule has 1 aromatic carbocycles. The first-order valence-electron chi connectivity index (χ1n) is 15.8. The van der Waals surface area contributed by atoms with E-state index in [1.54, 1.807) is 31.0 Å². The molecule has 11 nitrogen and oxygen atoms in total. The Labute approximate surface area is 271 Å². The van der Waals surface area contributed by atoms with Crippen molar-refractivity contribution < 1.29 is 13.9 Å². The maximum absolute atomic E-state index is 14.7. The van der Waals surface area contributed by atoms with Gasteiger partial charge in [0.15, 0.2) is 5.65 Å². The number of H-pyrrole nitrogens is 2. The predicted octanol–water partition coefficient (Wildman–Crippen LogP) is 5.64. The molecule has 7 rings (SSSR count). The second kappa shape index (κ2) is 13.3. The average molecular weight is 634 g/mol. The van der Waals surface area contributed by atoms with Crippen molar-refractivity contribution in [2.45, 2.75) is 19.3 Å². The third kappa shape index (κ3) is 6.83. The van der Waals surface area contributed by atoms with Crippen LogP contribution in [0.3, 0.4) is 0 Å². The molecule has 6 aromatic rings. The third-order valence-electron chi connectivity index (χ3n) is 8.49. The van der Waals surface area contributed by atoms with Crippen LogP contribution in [0.4, 0.5) is 10.1 Å². The molecule has 0 aliphatic carbocycles. The minimum Gasteiger partial charge on any atom is -0.492 e. The van der Waals surface area contributed by atoms with E-state index >= 15 is 0 Å². The van der Waals surface area contributed by atoms with Gasteiger partial charge >= 0.3 is 0 Å². The van der Waals surface area contributed by atoms with Gasteiger partial charge in [-0.3, -0.25) is 19.9 Å². The van der Waals surface area contributed by atoms with Crippen LogP contribution >= 0.6 is 0 Å². The normalized spacial score (nSPS) is 13.9. The van der Waals surface area contributed by atoms with Crippen molar-refractivity contribution in [2.75, 3.05) is 45.7 Å². The highest BCUT2D eigenvalue weighted by molar-refractivity contribution is 6.01. The number of likely N-dealkylation sites (N-methyl/N-ethyl adjacent to an activating group) is 1. The van der Waals surface area contributed by atoms with E-state index in [4.69, 9.17) is 4.74 Å². The fourth-order valence-electron chi connectivity index (χ4n) is 6.05. The Morgan fingerprint density at radius 2 is 1.79 bits per heavy atom. The van der Waals surface area contributed by atoms with Gasteiger partial charge in [-0.1, -0.05) is 0 Å². The Bertz CT molecular complexity index is 2050. The second-order valence-corrected chi connectivity index (χ2v) is 12.3. The molecule has 240 valence electrons. The first-order chi connectivity index (χ1) is 22.9. The molecule has 1 amide bonds. The van der Waals surface area contributed by atoms with Gasteiger partial charge in [-0.2, -0.15) is 5.10 Å². The van der Waals surface area contributed by atoms with Crippen LogP contribution in [-0.2, 0) is 4.79 Å². The van der Waals surface area contributed by atoms with Crippen molar-refractivity contribution in [1.29, 1.82) is 0 Å². The maximum Gasteiger partial charge on any atom is 0.224 e. The lowest BCUT2D eigenvalue weighted by Gasteiger charge is -2.21. The third-order valence-corrected chi connectivity index (χ3v) is 8.49. The molecular weight excluding hydrogens is 597 g/mol. The van der Waals surface area contributed by atoms with Crippen LogP contribution in [0.5, 0.6) is 5.75 Å². The molecular formula is C35H36FN9O2. The number of aromatic nitrogens is 6. The van der Waals surface area contributed by atoms with Gasteiger partial charge < -0.3 is 25.3 Å². The summed E-state index contributed by atoms with van der Waals surface area (Å²) in [6.07, 6.45) is 11.2. The molecule has 4 N–H and O–H groups in total. The second-order valence-electron chi connectivity index (χ2n) is 12.3. The summed E-state index contributed by atoms with van der Waals surface area (Å²) in [5.74, 6) is 0.479. The van der Waals surface area contributed by atoms with Gasteiger partial charge in [0.05, 0.1) is 29.3 Å². The summed E-state index contributed by atoms with van der Waals surface area (Å²) in [7, 11) is 3.92. The highest BCUT2D eigenvalue weighted by atomic mass is 19.1. The van der Waals surface area contributed by atoms with E-state index in [0.29, 0.717) is 47.3 Å². The molecule has 1 fully saturated rings. The van der Waals surface area contributed by atoms with E-state index in [9.17, 15) is 9.18 Å². The number of fused-ring (bicyclic) bond motifs is 2. The van der Waals surface area contributed by atoms with E-state index in [1.807, 2.05) is 43.3 Å². The molecule has 0 spiro atoms. The van der Waals surface area contributed by atoms with Gasteiger partial charge in [0.2, 0.25) is 5.91 Å². The van der Waals surface area contributed by atoms with Crippen LogP contribution in [0.15, 0.2) is 67.4 Å². The first-order valence-corrected chi connectivity index (χ1v) is 15.8. The minimum absolute atomic E-state index is 0.000496. The molecule has 0 atom stereocenters. The quantitative estimate of drug-likeness (QED) is 0.152. The summed E-state index contributed by atoms with van der Waals surface area (Å²) >= 11 is 0. The molecule has 5 aromatic heterocycles. The summed E-state index contributed by atoms with van der Waals surface area (Å²) in [5, 5.41) is 15.7. The number of hydrogen-bond donors (Lipinski definition) is 4. The number of pyridine rings is 3. The van der Waals surface area contributed by atoms with Crippen LogP contribution in [0.1, 0.15) is 19.3 Å². The number of rotatable bonds is 10. The monoisotopic (exact) mass is 633 g/mol. The number of hydrogen-bond acceptors (Lipinski definition) is 8. The van der Waals surface area contributed by atoms with Gasteiger partial charge in [0.1, 0.15) is 23.9 Å². The number of benzene rings is 1.